The van der Waals surface area contributed by atoms with Crippen molar-refractivity contribution in [2.75, 3.05) is 30.9 Å². The van der Waals surface area contributed by atoms with Crippen molar-refractivity contribution < 1.29 is 22.3 Å². The molecule has 1 aliphatic heterocycles. The van der Waals surface area contributed by atoms with Crippen LogP contribution in [0.3, 0.4) is 0 Å². The van der Waals surface area contributed by atoms with Crippen LogP contribution in [0.25, 0.3) is 0 Å². The van der Waals surface area contributed by atoms with Gasteiger partial charge in [0.05, 0.1) is 17.9 Å². The van der Waals surface area contributed by atoms with Crippen LogP contribution in [-0.4, -0.2) is 45.3 Å². The number of nitrogens with one attached hydrogen (secondary N) is 1. The van der Waals surface area contributed by atoms with E-state index in [0.29, 0.717) is 23.4 Å². The summed E-state index contributed by atoms with van der Waals surface area (Å²) in [6, 6.07) is 6.16. The lowest BCUT2D eigenvalue weighted by atomic mass is 9.87. The number of benzene rings is 1. The maximum atomic E-state index is 13.5. The Morgan fingerprint density at radius 1 is 1.32 bits per heavy atom. The number of amides is 1. The number of hydrogen-bond donors (Lipinski definition) is 1. The molecule has 0 saturated carbocycles. The summed E-state index contributed by atoms with van der Waals surface area (Å²) in [5.41, 5.74) is 2.15. The third-order valence-corrected chi connectivity index (χ3v) is 6.07. The van der Waals surface area contributed by atoms with Gasteiger partial charge in [-0.3, -0.25) is 9.78 Å². The molecule has 1 amide bonds. The van der Waals surface area contributed by atoms with E-state index in [4.69, 9.17) is 4.74 Å². The number of sulfonamides is 1. The lowest BCUT2D eigenvalue weighted by Crippen LogP contribution is -2.37. The molecular weight excluding hydrogens is 385 g/mol. The number of pyridine rings is 1. The first kappa shape index (κ1) is 20.2. The van der Waals surface area contributed by atoms with E-state index >= 15 is 0 Å². The van der Waals surface area contributed by atoms with Gasteiger partial charge in [0.2, 0.25) is 15.9 Å². The molecule has 0 bridgehead atoms. The Balaban J connectivity index is 1.71. The maximum Gasteiger partial charge on any atom is 0.234 e. The fraction of sp³-hybridized carbons (Fsp3) is 0.368. The van der Waals surface area contributed by atoms with E-state index in [1.807, 2.05) is 0 Å². The van der Waals surface area contributed by atoms with E-state index in [2.05, 4.69) is 9.71 Å². The van der Waals surface area contributed by atoms with Crippen LogP contribution >= 0.6 is 0 Å². The number of halogens is 1. The molecule has 1 aliphatic rings. The molecule has 0 radical (unpaired) electrons. The van der Waals surface area contributed by atoms with Crippen LogP contribution in [-0.2, 0) is 21.2 Å². The Morgan fingerprint density at radius 2 is 2.11 bits per heavy atom. The molecule has 2 aromatic rings. The highest BCUT2D eigenvalue weighted by molar-refractivity contribution is 7.89. The molecular formula is C19H22FN3O4S. The minimum atomic E-state index is -3.27. The number of nitrogens with zero attached hydrogens (tertiary/aromatic N) is 2. The summed E-state index contributed by atoms with van der Waals surface area (Å²) in [5, 5.41) is 0. The van der Waals surface area contributed by atoms with E-state index in [1.54, 1.807) is 32.3 Å². The van der Waals surface area contributed by atoms with Crippen LogP contribution in [0.5, 0.6) is 5.75 Å². The van der Waals surface area contributed by atoms with Crippen LogP contribution in [0.2, 0.25) is 0 Å². The average molecular weight is 407 g/mol. The highest BCUT2D eigenvalue weighted by Crippen LogP contribution is 2.35. The molecule has 1 atom stereocenters. The SMILES string of the molecule is CCS(=O)(=O)NCCOc1cncc(C2Cc3ccc(F)cc3N(C)C2=O)c1. The second-order valence-electron chi connectivity index (χ2n) is 6.53. The van der Waals surface area contributed by atoms with Crippen molar-refractivity contribution in [2.24, 2.45) is 0 Å². The zero-order chi connectivity index (χ0) is 20.3. The van der Waals surface area contributed by atoms with Gasteiger partial charge in [-0.05, 0) is 42.7 Å². The molecule has 0 spiro atoms. The number of likely N-dealkylation sites (N-methyl/N-ethyl adjacent to an activating group) is 1. The van der Waals surface area contributed by atoms with Crippen molar-refractivity contribution in [3.63, 3.8) is 0 Å². The molecule has 1 unspecified atom stereocenters. The molecule has 1 N–H and O–H groups in total. The van der Waals surface area contributed by atoms with Crippen molar-refractivity contribution in [2.45, 2.75) is 19.3 Å². The largest absolute Gasteiger partial charge is 0.491 e. The first-order chi connectivity index (χ1) is 13.3. The summed E-state index contributed by atoms with van der Waals surface area (Å²) in [4.78, 5) is 18.4. The Hall–Kier alpha value is -2.52. The van der Waals surface area contributed by atoms with Gasteiger partial charge in [0.25, 0.3) is 0 Å². The molecule has 150 valence electrons. The normalized spacial score (nSPS) is 16.8. The number of carbonyl (C=O) groups is 1. The van der Waals surface area contributed by atoms with Gasteiger partial charge in [-0.2, -0.15) is 0 Å². The Labute approximate surface area is 163 Å². The van der Waals surface area contributed by atoms with Crippen LogP contribution in [0.4, 0.5) is 10.1 Å². The second-order valence-corrected chi connectivity index (χ2v) is 8.62. The zero-order valence-corrected chi connectivity index (χ0v) is 16.5. The predicted molar refractivity (Wildman–Crippen MR) is 103 cm³/mol. The first-order valence-corrected chi connectivity index (χ1v) is 10.6. The van der Waals surface area contributed by atoms with Gasteiger partial charge in [-0.25, -0.2) is 17.5 Å². The molecule has 9 heteroatoms. The fourth-order valence-corrected chi connectivity index (χ4v) is 3.71. The molecule has 0 aliphatic carbocycles. The summed E-state index contributed by atoms with van der Waals surface area (Å²) < 4.78 is 44.3. The Morgan fingerprint density at radius 3 is 2.86 bits per heavy atom. The summed E-state index contributed by atoms with van der Waals surface area (Å²) in [6.07, 6.45) is 3.57. The minimum absolute atomic E-state index is 0.00667. The van der Waals surface area contributed by atoms with Gasteiger partial charge >= 0.3 is 0 Å². The van der Waals surface area contributed by atoms with Crippen LogP contribution in [0.15, 0.2) is 36.7 Å². The van der Waals surface area contributed by atoms with E-state index in [0.717, 1.165) is 5.56 Å². The molecule has 0 saturated heterocycles. The van der Waals surface area contributed by atoms with E-state index in [9.17, 15) is 17.6 Å². The molecule has 7 nitrogen and oxygen atoms in total. The van der Waals surface area contributed by atoms with Gasteiger partial charge in [-0.15, -0.1) is 0 Å². The maximum absolute atomic E-state index is 13.5. The summed E-state index contributed by atoms with van der Waals surface area (Å²) >= 11 is 0. The van der Waals surface area contributed by atoms with Gasteiger partial charge in [0, 0.05) is 25.5 Å². The molecule has 3 rings (SSSR count). The molecule has 28 heavy (non-hydrogen) atoms. The molecule has 1 aromatic heterocycles. The molecule has 2 heterocycles. The van der Waals surface area contributed by atoms with Gasteiger partial charge in [-0.1, -0.05) is 6.07 Å². The predicted octanol–water partition coefficient (Wildman–Crippen LogP) is 1.84. The number of aromatic nitrogens is 1. The lowest BCUT2D eigenvalue weighted by molar-refractivity contribution is -0.120. The van der Waals surface area contributed by atoms with Crippen molar-refractivity contribution in [1.29, 1.82) is 0 Å². The Bertz CT molecular complexity index is 981. The monoisotopic (exact) mass is 407 g/mol. The molecule has 1 aromatic carbocycles. The van der Waals surface area contributed by atoms with Gasteiger partial charge in [0.1, 0.15) is 18.2 Å². The standard InChI is InChI=1S/C19H22FN3O4S/c1-3-28(25,26)22-6-7-27-16-8-14(11-21-12-16)17-9-13-4-5-15(20)10-18(13)23(2)19(17)24/h4-5,8,10-12,17,22H,3,6-7,9H2,1-2H3. The summed E-state index contributed by atoms with van der Waals surface area (Å²) in [6.45, 7) is 1.84. The third-order valence-electron chi connectivity index (χ3n) is 4.67. The Kier molecular flexibility index (Phi) is 5.95. The first-order valence-electron chi connectivity index (χ1n) is 8.92. The number of fused-ring (bicyclic) bond motifs is 1. The smallest absolute Gasteiger partial charge is 0.234 e. The van der Waals surface area contributed by atoms with Crippen LogP contribution < -0.4 is 14.4 Å². The fourth-order valence-electron chi connectivity index (χ4n) is 3.12. The van der Waals surface area contributed by atoms with Crippen molar-refractivity contribution in [3.05, 3.63) is 53.6 Å². The summed E-state index contributed by atoms with van der Waals surface area (Å²) in [5.74, 6) is -0.515. The average Bonchev–Trinajstić information content (AvgIpc) is 2.69. The topological polar surface area (TPSA) is 88.6 Å². The number of ether oxygens (including phenoxy) is 1. The highest BCUT2D eigenvalue weighted by atomic mass is 32.2. The quantitative estimate of drug-likeness (QED) is 0.708. The van der Waals surface area contributed by atoms with E-state index in [-0.39, 0.29) is 30.6 Å². The van der Waals surface area contributed by atoms with Crippen LogP contribution in [0.1, 0.15) is 24.0 Å². The van der Waals surface area contributed by atoms with Crippen molar-refractivity contribution in [1.82, 2.24) is 9.71 Å². The van der Waals surface area contributed by atoms with Crippen molar-refractivity contribution >= 4 is 21.6 Å². The number of rotatable bonds is 7. The summed E-state index contributed by atoms with van der Waals surface area (Å²) in [7, 11) is -1.64. The van der Waals surface area contributed by atoms with Gasteiger partial charge in [0.15, 0.2) is 0 Å². The number of anilines is 1. The van der Waals surface area contributed by atoms with Crippen LogP contribution in [0, 0.1) is 5.82 Å². The molecule has 0 fully saturated rings. The lowest BCUT2D eigenvalue weighted by Gasteiger charge is -2.31. The van der Waals surface area contributed by atoms with Gasteiger partial charge < -0.3 is 9.64 Å². The van der Waals surface area contributed by atoms with E-state index < -0.39 is 15.9 Å². The van der Waals surface area contributed by atoms with E-state index in [1.165, 1.54) is 23.2 Å². The third kappa shape index (κ3) is 4.48. The zero-order valence-electron chi connectivity index (χ0n) is 15.7. The number of carbonyl (C=O) groups excluding carboxylic acids is 1. The minimum Gasteiger partial charge on any atom is -0.491 e. The van der Waals surface area contributed by atoms with Crippen molar-refractivity contribution in [3.8, 4) is 5.75 Å². The second kappa shape index (κ2) is 8.24. The highest BCUT2D eigenvalue weighted by Gasteiger charge is 2.32. The number of hydrogen-bond acceptors (Lipinski definition) is 5.